The van der Waals surface area contributed by atoms with Crippen LogP contribution in [0.1, 0.15) is 194 Å². The highest BCUT2D eigenvalue weighted by molar-refractivity contribution is 5.56. The fraction of sp³-hybridized carbons (Fsp3) is 0.969. The Hall–Kier alpha value is -0.330. The minimum atomic E-state index is 1.07. The summed E-state index contributed by atoms with van der Waals surface area (Å²) in [6, 6.07) is 0. The average molecular weight is 464 g/mol. The molecule has 0 aliphatic carbocycles. The van der Waals surface area contributed by atoms with Gasteiger partial charge >= 0.3 is 0 Å². The summed E-state index contributed by atoms with van der Waals surface area (Å²) in [7, 11) is 0. The Balaban J connectivity index is 3.06. The molecule has 0 unspecified atom stereocenters. The van der Waals surface area contributed by atoms with E-state index in [0.717, 1.165) is 6.54 Å². The molecule has 1 heteroatoms. The number of aliphatic imine (C=N–C) groups is 1. The second-order valence-corrected chi connectivity index (χ2v) is 10.7. The summed E-state index contributed by atoms with van der Waals surface area (Å²) >= 11 is 0. The molecular formula is C32H65N. The average Bonchev–Trinajstić information content (AvgIpc) is 2.83. The van der Waals surface area contributed by atoms with E-state index >= 15 is 0 Å². The summed E-state index contributed by atoms with van der Waals surface area (Å²) in [6.45, 7) is 5.67. The largest absolute Gasteiger partial charge is 0.298 e. The lowest BCUT2D eigenvalue weighted by Gasteiger charge is -2.03. The number of rotatable bonds is 29. The highest BCUT2D eigenvalue weighted by Crippen LogP contribution is 2.14. The third kappa shape index (κ3) is 31.7. The van der Waals surface area contributed by atoms with Crippen molar-refractivity contribution in [1.82, 2.24) is 0 Å². The van der Waals surface area contributed by atoms with Crippen molar-refractivity contribution in [2.45, 2.75) is 194 Å². The smallest absolute Gasteiger partial charge is 0.0385 e. The zero-order chi connectivity index (χ0) is 23.9. The number of hydrogen-bond donors (Lipinski definition) is 0. The molecule has 0 fully saturated rings. The molecule has 0 saturated heterocycles. The maximum atomic E-state index is 4.63. The molecule has 0 rings (SSSR count). The van der Waals surface area contributed by atoms with Gasteiger partial charge in [0.2, 0.25) is 0 Å². The molecule has 0 heterocycles. The molecule has 0 atom stereocenters. The molecule has 0 amide bonds. The first-order chi connectivity index (χ1) is 16.4. The third-order valence-electron chi connectivity index (χ3n) is 7.21. The van der Waals surface area contributed by atoms with Crippen LogP contribution in [0, 0.1) is 0 Å². The third-order valence-corrected chi connectivity index (χ3v) is 7.21. The quantitative estimate of drug-likeness (QED) is 0.0772. The van der Waals surface area contributed by atoms with Crippen molar-refractivity contribution in [3.63, 3.8) is 0 Å². The van der Waals surface area contributed by atoms with E-state index in [1.165, 1.54) is 180 Å². The van der Waals surface area contributed by atoms with Crippen LogP contribution < -0.4 is 0 Å². The predicted molar refractivity (Wildman–Crippen MR) is 154 cm³/mol. The lowest BCUT2D eigenvalue weighted by atomic mass is 10.0. The molecule has 33 heavy (non-hydrogen) atoms. The molecule has 0 aliphatic rings. The van der Waals surface area contributed by atoms with Crippen molar-refractivity contribution in [2.24, 2.45) is 4.99 Å². The van der Waals surface area contributed by atoms with E-state index in [4.69, 9.17) is 0 Å². The Morgan fingerprint density at radius 2 is 0.606 bits per heavy atom. The molecule has 0 spiro atoms. The van der Waals surface area contributed by atoms with Gasteiger partial charge in [-0.15, -0.1) is 0 Å². The van der Waals surface area contributed by atoms with Crippen LogP contribution >= 0.6 is 0 Å². The summed E-state index contributed by atoms with van der Waals surface area (Å²) in [6.07, 6.45) is 42.2. The molecule has 0 aromatic carbocycles. The van der Waals surface area contributed by atoms with Gasteiger partial charge in [0.15, 0.2) is 0 Å². The van der Waals surface area contributed by atoms with Crippen molar-refractivity contribution in [2.75, 3.05) is 6.54 Å². The zero-order valence-corrected chi connectivity index (χ0v) is 23.5. The van der Waals surface area contributed by atoms with Crippen LogP contribution in [0.15, 0.2) is 4.99 Å². The molecule has 0 aromatic heterocycles. The van der Waals surface area contributed by atoms with Gasteiger partial charge in [-0.05, 0) is 25.5 Å². The Bertz CT molecular complexity index is 348. The van der Waals surface area contributed by atoms with Gasteiger partial charge in [0.25, 0.3) is 0 Å². The van der Waals surface area contributed by atoms with Crippen molar-refractivity contribution in [3.8, 4) is 0 Å². The molecule has 0 saturated carbocycles. The van der Waals surface area contributed by atoms with Crippen LogP contribution in [0.2, 0.25) is 0 Å². The van der Waals surface area contributed by atoms with Crippen LogP contribution in [0.3, 0.4) is 0 Å². The van der Waals surface area contributed by atoms with E-state index in [1.807, 2.05) is 0 Å². The van der Waals surface area contributed by atoms with Crippen LogP contribution in [-0.4, -0.2) is 12.8 Å². The standard InChI is InChI=1S/C32H65N/c1-3-5-7-9-11-13-15-17-19-21-23-25-27-29-31-33-32-30-28-26-24-22-20-18-16-14-12-10-8-6-4-2/h31H,3-30,32H2,1-2H3. The molecule has 0 radical (unpaired) electrons. The maximum absolute atomic E-state index is 4.63. The van der Waals surface area contributed by atoms with Gasteiger partial charge in [0.05, 0.1) is 0 Å². The highest BCUT2D eigenvalue weighted by Gasteiger charge is 1.95. The Kier molecular flexibility index (Phi) is 31.4. The minimum Gasteiger partial charge on any atom is -0.298 e. The van der Waals surface area contributed by atoms with E-state index in [9.17, 15) is 0 Å². The maximum Gasteiger partial charge on any atom is 0.0385 e. The van der Waals surface area contributed by atoms with Crippen molar-refractivity contribution >= 4 is 6.21 Å². The van der Waals surface area contributed by atoms with Gasteiger partial charge in [0.1, 0.15) is 0 Å². The molecule has 0 N–H and O–H groups in total. The van der Waals surface area contributed by atoms with E-state index in [2.05, 4.69) is 25.1 Å². The normalized spacial score (nSPS) is 11.7. The van der Waals surface area contributed by atoms with Gasteiger partial charge in [-0.2, -0.15) is 0 Å². The molecular weight excluding hydrogens is 398 g/mol. The van der Waals surface area contributed by atoms with Crippen LogP contribution in [-0.2, 0) is 0 Å². The summed E-state index contributed by atoms with van der Waals surface area (Å²) in [5.74, 6) is 0. The first-order valence-electron chi connectivity index (χ1n) is 15.9. The van der Waals surface area contributed by atoms with Gasteiger partial charge < -0.3 is 0 Å². The molecule has 0 aliphatic heterocycles. The number of nitrogens with zero attached hydrogens (tertiary/aromatic N) is 1. The van der Waals surface area contributed by atoms with E-state index in [0.29, 0.717) is 0 Å². The SMILES string of the molecule is CCCCCCCCCCCCCCCC=NCCCCCCCCCCCCCCCC. The Labute approximate surface area is 211 Å². The monoisotopic (exact) mass is 464 g/mol. The summed E-state index contributed by atoms with van der Waals surface area (Å²) < 4.78 is 0. The van der Waals surface area contributed by atoms with E-state index < -0.39 is 0 Å². The predicted octanol–water partition coefficient (Wildman–Crippen LogP) is 12.0. The van der Waals surface area contributed by atoms with Gasteiger partial charge in [-0.25, -0.2) is 0 Å². The minimum absolute atomic E-state index is 1.07. The van der Waals surface area contributed by atoms with E-state index in [-0.39, 0.29) is 0 Å². The lowest BCUT2D eigenvalue weighted by molar-refractivity contribution is 0.536. The lowest BCUT2D eigenvalue weighted by Crippen LogP contribution is -1.86. The first kappa shape index (κ1) is 32.7. The Morgan fingerprint density at radius 3 is 0.939 bits per heavy atom. The van der Waals surface area contributed by atoms with Crippen molar-refractivity contribution < 1.29 is 0 Å². The van der Waals surface area contributed by atoms with Crippen LogP contribution in [0.5, 0.6) is 0 Å². The number of hydrogen-bond acceptors (Lipinski definition) is 1. The molecule has 0 bridgehead atoms. The summed E-state index contributed by atoms with van der Waals surface area (Å²) in [4.78, 5) is 4.63. The fourth-order valence-electron chi connectivity index (χ4n) is 4.83. The van der Waals surface area contributed by atoms with Gasteiger partial charge in [-0.3, -0.25) is 4.99 Å². The zero-order valence-electron chi connectivity index (χ0n) is 23.5. The second-order valence-electron chi connectivity index (χ2n) is 10.7. The van der Waals surface area contributed by atoms with Gasteiger partial charge in [0, 0.05) is 6.54 Å². The highest BCUT2D eigenvalue weighted by atomic mass is 14.7. The first-order valence-corrected chi connectivity index (χ1v) is 15.9. The molecule has 198 valence electrons. The fourth-order valence-corrected chi connectivity index (χ4v) is 4.83. The van der Waals surface area contributed by atoms with Crippen molar-refractivity contribution in [3.05, 3.63) is 0 Å². The van der Waals surface area contributed by atoms with Gasteiger partial charge in [-0.1, -0.05) is 174 Å². The Morgan fingerprint density at radius 1 is 0.333 bits per heavy atom. The van der Waals surface area contributed by atoms with Crippen LogP contribution in [0.25, 0.3) is 0 Å². The summed E-state index contributed by atoms with van der Waals surface area (Å²) in [5, 5.41) is 0. The summed E-state index contributed by atoms with van der Waals surface area (Å²) in [5.41, 5.74) is 0. The van der Waals surface area contributed by atoms with Crippen LogP contribution in [0.4, 0.5) is 0 Å². The second kappa shape index (κ2) is 31.7. The number of unbranched alkanes of at least 4 members (excludes halogenated alkanes) is 26. The topological polar surface area (TPSA) is 12.4 Å². The molecule has 0 aromatic rings. The van der Waals surface area contributed by atoms with E-state index in [1.54, 1.807) is 0 Å². The molecule has 1 nitrogen and oxygen atoms in total. The van der Waals surface area contributed by atoms with Crippen molar-refractivity contribution in [1.29, 1.82) is 0 Å².